The Hall–Kier alpha value is -0.730. The molecule has 0 saturated heterocycles. The molecule has 1 unspecified atom stereocenters. The van der Waals surface area contributed by atoms with Crippen LogP contribution in [-0.2, 0) is 0 Å². The summed E-state index contributed by atoms with van der Waals surface area (Å²) in [6.07, 6.45) is 11.1. The number of allylic oxidation sites excluding steroid dienone is 6. The molecule has 2 heteroatoms. The van der Waals surface area contributed by atoms with E-state index in [9.17, 15) is 0 Å². The first-order valence-corrected chi connectivity index (χ1v) is 5.60. The van der Waals surface area contributed by atoms with Gasteiger partial charge in [-0.15, -0.1) is 11.8 Å². The molecule has 1 aliphatic heterocycles. The largest absolute Gasteiger partial charge is 0.391 e. The Labute approximate surface area is 89.9 Å². The standard InChI is InChI=1S/C12H16OS/c1-10-6-4-3-5-7-11(2)14-12(8-10)9-13/h3-6,8,11,13H,1,7,9H2,2H3/b5-3-,6-4-,12-8-. The van der Waals surface area contributed by atoms with Gasteiger partial charge in [0.15, 0.2) is 0 Å². The van der Waals surface area contributed by atoms with Crippen molar-refractivity contribution in [2.75, 3.05) is 6.61 Å². The van der Waals surface area contributed by atoms with E-state index in [0.717, 1.165) is 16.9 Å². The van der Waals surface area contributed by atoms with E-state index in [1.165, 1.54) is 0 Å². The Morgan fingerprint density at radius 1 is 1.57 bits per heavy atom. The van der Waals surface area contributed by atoms with Crippen molar-refractivity contribution in [1.29, 1.82) is 0 Å². The van der Waals surface area contributed by atoms with Crippen LogP contribution < -0.4 is 0 Å². The van der Waals surface area contributed by atoms with Gasteiger partial charge in [-0.05, 0) is 18.1 Å². The molecule has 0 radical (unpaired) electrons. The van der Waals surface area contributed by atoms with E-state index < -0.39 is 0 Å². The quantitative estimate of drug-likeness (QED) is 0.714. The Morgan fingerprint density at radius 2 is 2.36 bits per heavy atom. The van der Waals surface area contributed by atoms with E-state index in [4.69, 9.17) is 5.11 Å². The van der Waals surface area contributed by atoms with Crippen LogP contribution in [-0.4, -0.2) is 17.0 Å². The zero-order valence-corrected chi connectivity index (χ0v) is 9.26. The molecule has 1 rings (SSSR count). The van der Waals surface area contributed by atoms with Gasteiger partial charge in [0.05, 0.1) is 6.61 Å². The number of thioether (sulfide) groups is 1. The number of aliphatic hydroxyl groups is 1. The minimum Gasteiger partial charge on any atom is -0.391 e. The maximum Gasteiger partial charge on any atom is 0.0740 e. The monoisotopic (exact) mass is 208 g/mol. The fourth-order valence-electron chi connectivity index (χ4n) is 1.21. The molecular formula is C12H16OS. The SMILES string of the molecule is C=C1/C=C\C=C/CC(C)S/C(CO)=C\1. The van der Waals surface area contributed by atoms with Crippen LogP contribution in [0.4, 0.5) is 0 Å². The van der Waals surface area contributed by atoms with Gasteiger partial charge in [-0.1, -0.05) is 37.8 Å². The Morgan fingerprint density at radius 3 is 3.07 bits per heavy atom. The lowest BCUT2D eigenvalue weighted by Crippen LogP contribution is -1.98. The first-order chi connectivity index (χ1) is 6.72. The maximum absolute atomic E-state index is 9.13. The molecular weight excluding hydrogens is 192 g/mol. The first-order valence-electron chi connectivity index (χ1n) is 4.72. The molecule has 14 heavy (non-hydrogen) atoms. The van der Waals surface area contributed by atoms with E-state index >= 15 is 0 Å². The summed E-state index contributed by atoms with van der Waals surface area (Å²) in [6, 6.07) is 0. The van der Waals surface area contributed by atoms with Crippen LogP contribution in [0.15, 0.2) is 47.4 Å². The Kier molecular flexibility index (Phi) is 4.77. The lowest BCUT2D eigenvalue weighted by Gasteiger charge is -2.11. The maximum atomic E-state index is 9.13. The molecule has 0 spiro atoms. The zero-order valence-electron chi connectivity index (χ0n) is 8.44. The van der Waals surface area contributed by atoms with Crippen LogP contribution in [0.2, 0.25) is 0 Å². The minimum absolute atomic E-state index is 0.103. The van der Waals surface area contributed by atoms with Gasteiger partial charge in [0, 0.05) is 10.2 Å². The molecule has 1 heterocycles. The highest BCUT2D eigenvalue weighted by molar-refractivity contribution is 8.03. The number of aliphatic hydroxyl groups excluding tert-OH is 1. The van der Waals surface area contributed by atoms with Gasteiger partial charge in [-0.25, -0.2) is 0 Å². The van der Waals surface area contributed by atoms with Gasteiger partial charge in [0.2, 0.25) is 0 Å². The molecule has 1 atom stereocenters. The molecule has 0 bridgehead atoms. The van der Waals surface area contributed by atoms with E-state index in [1.807, 2.05) is 24.3 Å². The van der Waals surface area contributed by atoms with Gasteiger partial charge >= 0.3 is 0 Å². The van der Waals surface area contributed by atoms with Crippen molar-refractivity contribution in [1.82, 2.24) is 0 Å². The molecule has 0 aromatic carbocycles. The summed E-state index contributed by atoms with van der Waals surface area (Å²) in [4.78, 5) is 0.988. The van der Waals surface area contributed by atoms with Crippen LogP contribution in [0.25, 0.3) is 0 Å². The second-order valence-electron chi connectivity index (χ2n) is 3.30. The molecule has 0 aromatic heterocycles. The molecule has 0 aromatic rings. The van der Waals surface area contributed by atoms with Crippen LogP contribution in [0.3, 0.4) is 0 Å². The van der Waals surface area contributed by atoms with Crippen molar-refractivity contribution in [3.63, 3.8) is 0 Å². The summed E-state index contributed by atoms with van der Waals surface area (Å²) in [5, 5.41) is 9.64. The highest BCUT2D eigenvalue weighted by Crippen LogP contribution is 2.25. The molecule has 1 N–H and O–H groups in total. The lowest BCUT2D eigenvalue weighted by atomic mass is 10.2. The predicted molar refractivity (Wildman–Crippen MR) is 64.3 cm³/mol. The van der Waals surface area contributed by atoms with Crippen molar-refractivity contribution >= 4 is 11.8 Å². The summed E-state index contributed by atoms with van der Waals surface area (Å²) in [5.41, 5.74) is 0.931. The van der Waals surface area contributed by atoms with Gasteiger partial charge in [-0.2, -0.15) is 0 Å². The van der Waals surface area contributed by atoms with Crippen molar-refractivity contribution in [3.05, 3.63) is 47.4 Å². The summed E-state index contributed by atoms with van der Waals surface area (Å²) in [7, 11) is 0. The third-order valence-electron chi connectivity index (χ3n) is 1.88. The lowest BCUT2D eigenvalue weighted by molar-refractivity contribution is 0.339. The third-order valence-corrected chi connectivity index (χ3v) is 3.02. The van der Waals surface area contributed by atoms with Crippen molar-refractivity contribution in [3.8, 4) is 0 Å². The highest BCUT2D eigenvalue weighted by atomic mass is 32.2. The highest BCUT2D eigenvalue weighted by Gasteiger charge is 2.05. The van der Waals surface area contributed by atoms with Crippen LogP contribution >= 0.6 is 11.8 Å². The fourth-order valence-corrected chi connectivity index (χ4v) is 2.22. The molecule has 0 fully saturated rings. The normalized spacial score (nSPS) is 31.7. The molecule has 0 aliphatic carbocycles. The first kappa shape index (κ1) is 11.3. The number of rotatable bonds is 1. The smallest absolute Gasteiger partial charge is 0.0740 e. The molecule has 0 amide bonds. The summed E-state index contributed by atoms with van der Waals surface area (Å²) in [6.45, 7) is 6.15. The fraction of sp³-hybridized carbons (Fsp3) is 0.333. The topological polar surface area (TPSA) is 20.2 Å². The van der Waals surface area contributed by atoms with Crippen molar-refractivity contribution in [2.45, 2.75) is 18.6 Å². The summed E-state index contributed by atoms with van der Waals surface area (Å²) < 4.78 is 0. The van der Waals surface area contributed by atoms with Crippen molar-refractivity contribution < 1.29 is 5.11 Å². The predicted octanol–water partition coefficient (Wildman–Crippen LogP) is 3.06. The van der Waals surface area contributed by atoms with Gasteiger partial charge in [0.25, 0.3) is 0 Å². The van der Waals surface area contributed by atoms with Crippen LogP contribution in [0, 0.1) is 0 Å². The number of hydrogen-bond acceptors (Lipinski definition) is 2. The average molecular weight is 208 g/mol. The molecule has 0 saturated carbocycles. The second kappa shape index (κ2) is 5.89. The molecule has 76 valence electrons. The second-order valence-corrected chi connectivity index (χ2v) is 4.86. The van der Waals surface area contributed by atoms with Crippen LogP contribution in [0.1, 0.15) is 13.3 Å². The Bertz CT molecular complexity index is 287. The van der Waals surface area contributed by atoms with E-state index in [2.05, 4.69) is 19.6 Å². The van der Waals surface area contributed by atoms with Gasteiger partial charge in [-0.3, -0.25) is 0 Å². The molecule has 1 aliphatic rings. The third kappa shape index (κ3) is 3.99. The molecule has 1 nitrogen and oxygen atoms in total. The van der Waals surface area contributed by atoms with Crippen molar-refractivity contribution in [2.24, 2.45) is 0 Å². The summed E-state index contributed by atoms with van der Waals surface area (Å²) in [5.74, 6) is 0. The Balaban J connectivity index is 2.81. The van der Waals surface area contributed by atoms with Gasteiger partial charge in [0.1, 0.15) is 0 Å². The number of hydrogen-bond donors (Lipinski definition) is 1. The van der Waals surface area contributed by atoms with E-state index in [-0.39, 0.29) is 6.61 Å². The van der Waals surface area contributed by atoms with Gasteiger partial charge < -0.3 is 5.11 Å². The van der Waals surface area contributed by atoms with E-state index in [0.29, 0.717) is 5.25 Å². The van der Waals surface area contributed by atoms with E-state index in [1.54, 1.807) is 11.8 Å². The van der Waals surface area contributed by atoms with Crippen LogP contribution in [0.5, 0.6) is 0 Å². The zero-order chi connectivity index (χ0) is 10.4. The average Bonchev–Trinajstić information content (AvgIpc) is 2.16. The summed E-state index contributed by atoms with van der Waals surface area (Å²) >= 11 is 1.71. The minimum atomic E-state index is 0.103.